The lowest BCUT2D eigenvalue weighted by atomic mass is 9.77. The molecule has 0 aromatic heterocycles. The van der Waals surface area contributed by atoms with Crippen molar-refractivity contribution >= 4 is 11.8 Å². The Balaban J connectivity index is 2.25. The van der Waals surface area contributed by atoms with Crippen LogP contribution in [0.2, 0.25) is 0 Å². The SMILES string of the molecule is CCCCCC(CN)CCC(C)C(C)c1ccc(C(=O)CC(C)C(C)C(CCCC)C(=O)OC)c(-c2ccccc2)c1. The summed E-state index contributed by atoms with van der Waals surface area (Å²) >= 11 is 0. The number of carbonyl (C=O) groups excluding carboxylic acids is 2. The highest BCUT2D eigenvalue weighted by Crippen LogP contribution is 2.35. The number of ether oxygens (including phenoxy) is 1. The molecule has 0 amide bonds. The van der Waals surface area contributed by atoms with E-state index in [1.807, 2.05) is 24.3 Å². The zero-order valence-electron chi connectivity index (χ0n) is 27.7. The van der Waals surface area contributed by atoms with Crippen LogP contribution in [0.15, 0.2) is 48.5 Å². The summed E-state index contributed by atoms with van der Waals surface area (Å²) < 4.78 is 5.13. The van der Waals surface area contributed by atoms with E-state index in [0.29, 0.717) is 24.2 Å². The zero-order chi connectivity index (χ0) is 31.1. The van der Waals surface area contributed by atoms with Crippen molar-refractivity contribution in [3.05, 3.63) is 59.7 Å². The minimum Gasteiger partial charge on any atom is -0.469 e. The molecule has 2 aromatic rings. The van der Waals surface area contributed by atoms with Gasteiger partial charge >= 0.3 is 5.97 Å². The van der Waals surface area contributed by atoms with Crippen LogP contribution < -0.4 is 5.73 Å². The summed E-state index contributed by atoms with van der Waals surface area (Å²) in [6, 6.07) is 16.7. The van der Waals surface area contributed by atoms with Crippen LogP contribution in [-0.2, 0) is 9.53 Å². The molecule has 234 valence electrons. The molecule has 0 aliphatic carbocycles. The number of ketones is 1. The molecule has 0 saturated heterocycles. The summed E-state index contributed by atoms with van der Waals surface area (Å²) in [6.45, 7) is 14.0. The Bertz CT molecular complexity index is 1070. The van der Waals surface area contributed by atoms with Gasteiger partial charge in [0.2, 0.25) is 0 Å². The predicted octanol–water partition coefficient (Wildman–Crippen LogP) is 9.85. The van der Waals surface area contributed by atoms with Crippen molar-refractivity contribution in [3.63, 3.8) is 0 Å². The molecule has 0 aliphatic heterocycles. The van der Waals surface area contributed by atoms with Crippen molar-refractivity contribution in [1.29, 1.82) is 0 Å². The third kappa shape index (κ3) is 10.7. The van der Waals surface area contributed by atoms with Gasteiger partial charge in [-0.2, -0.15) is 0 Å². The lowest BCUT2D eigenvalue weighted by molar-refractivity contribution is -0.148. The van der Waals surface area contributed by atoms with Crippen molar-refractivity contribution < 1.29 is 14.3 Å². The average molecular weight is 578 g/mol. The fourth-order valence-corrected chi connectivity index (χ4v) is 6.24. The van der Waals surface area contributed by atoms with Crippen LogP contribution in [-0.4, -0.2) is 25.4 Å². The number of unbranched alkanes of at least 4 members (excludes halogenated alkanes) is 3. The van der Waals surface area contributed by atoms with Gasteiger partial charge < -0.3 is 10.5 Å². The lowest BCUT2D eigenvalue weighted by Crippen LogP contribution is -2.29. The van der Waals surface area contributed by atoms with Gasteiger partial charge in [0, 0.05) is 12.0 Å². The van der Waals surface area contributed by atoms with Gasteiger partial charge in [0.15, 0.2) is 5.78 Å². The molecule has 0 radical (unpaired) electrons. The Morgan fingerprint density at radius 1 is 0.810 bits per heavy atom. The molecule has 2 aromatic carbocycles. The summed E-state index contributed by atoms with van der Waals surface area (Å²) in [5.74, 6) is 1.43. The van der Waals surface area contributed by atoms with E-state index in [-0.39, 0.29) is 29.5 Å². The maximum absolute atomic E-state index is 13.8. The van der Waals surface area contributed by atoms with E-state index < -0.39 is 0 Å². The summed E-state index contributed by atoms with van der Waals surface area (Å²) in [7, 11) is 1.46. The van der Waals surface area contributed by atoms with Crippen molar-refractivity contribution in [2.24, 2.45) is 35.3 Å². The van der Waals surface area contributed by atoms with Crippen molar-refractivity contribution in [1.82, 2.24) is 0 Å². The first kappa shape index (κ1) is 35.7. The second-order valence-electron chi connectivity index (χ2n) is 12.8. The minimum absolute atomic E-state index is 0.0626. The van der Waals surface area contributed by atoms with Crippen molar-refractivity contribution in [2.45, 2.75) is 112 Å². The number of esters is 1. The fraction of sp³-hybridized carbons (Fsp3) is 0.632. The Kier molecular flexibility index (Phi) is 16.1. The normalized spacial score (nSPS) is 15.8. The molecule has 0 aliphatic rings. The number of methoxy groups -OCH3 is 1. The van der Waals surface area contributed by atoms with Crippen molar-refractivity contribution in [2.75, 3.05) is 13.7 Å². The summed E-state index contributed by atoms with van der Waals surface area (Å²) in [5.41, 5.74) is 10.2. The summed E-state index contributed by atoms with van der Waals surface area (Å²) in [5, 5.41) is 0. The Morgan fingerprint density at radius 2 is 1.50 bits per heavy atom. The molecule has 0 heterocycles. The van der Waals surface area contributed by atoms with E-state index >= 15 is 0 Å². The van der Waals surface area contributed by atoms with Crippen LogP contribution in [0.5, 0.6) is 0 Å². The quantitative estimate of drug-likeness (QED) is 0.0966. The molecule has 42 heavy (non-hydrogen) atoms. The van der Waals surface area contributed by atoms with Gasteiger partial charge in [-0.25, -0.2) is 0 Å². The maximum Gasteiger partial charge on any atom is 0.308 e. The lowest BCUT2D eigenvalue weighted by Gasteiger charge is -2.27. The second-order valence-corrected chi connectivity index (χ2v) is 12.8. The Labute approximate surface area is 257 Å². The van der Waals surface area contributed by atoms with E-state index in [2.05, 4.69) is 65.8 Å². The van der Waals surface area contributed by atoms with E-state index in [0.717, 1.165) is 48.9 Å². The van der Waals surface area contributed by atoms with E-state index in [1.165, 1.54) is 44.8 Å². The van der Waals surface area contributed by atoms with Gasteiger partial charge in [-0.05, 0) is 78.5 Å². The molecular weight excluding hydrogens is 518 g/mol. The van der Waals surface area contributed by atoms with Gasteiger partial charge in [-0.15, -0.1) is 0 Å². The van der Waals surface area contributed by atoms with Crippen LogP contribution >= 0.6 is 0 Å². The smallest absolute Gasteiger partial charge is 0.308 e. The van der Waals surface area contributed by atoms with Gasteiger partial charge in [0.05, 0.1) is 13.0 Å². The predicted molar refractivity (Wildman–Crippen MR) is 178 cm³/mol. The number of carbonyl (C=O) groups is 2. The molecule has 0 saturated carbocycles. The maximum atomic E-state index is 13.8. The van der Waals surface area contributed by atoms with Crippen LogP contribution in [0, 0.1) is 29.6 Å². The third-order valence-corrected chi connectivity index (χ3v) is 9.80. The molecule has 0 bridgehead atoms. The van der Waals surface area contributed by atoms with Gasteiger partial charge in [-0.3, -0.25) is 9.59 Å². The Morgan fingerprint density at radius 3 is 2.12 bits per heavy atom. The fourth-order valence-electron chi connectivity index (χ4n) is 6.24. The molecular formula is C38H59NO3. The molecule has 0 fully saturated rings. The van der Waals surface area contributed by atoms with E-state index in [9.17, 15) is 9.59 Å². The topological polar surface area (TPSA) is 69.4 Å². The van der Waals surface area contributed by atoms with Gasteiger partial charge in [-0.1, -0.05) is 122 Å². The Hall–Kier alpha value is -2.46. The standard InChI is InChI=1S/C38H59NO3/c1-8-10-13-16-31(26-39)21-20-27(3)29(5)33-22-23-35(36(25-33)32-17-14-12-15-18-32)37(40)24-28(4)30(6)34(19-11-9-2)38(41)42-7/h12,14-15,17-18,22-23,25,27-31,34H,8-11,13,16,19-21,24,26,39H2,1-7H3. The number of Topliss-reactive ketones (excluding diaryl/α,β-unsaturated/α-hetero) is 1. The third-order valence-electron chi connectivity index (χ3n) is 9.80. The number of rotatable bonds is 20. The first-order valence-electron chi connectivity index (χ1n) is 16.7. The molecule has 6 unspecified atom stereocenters. The van der Waals surface area contributed by atoms with Crippen LogP contribution in [0.25, 0.3) is 11.1 Å². The number of benzene rings is 2. The molecule has 2 rings (SSSR count). The molecule has 4 heteroatoms. The number of nitrogens with two attached hydrogens (primary N) is 1. The van der Waals surface area contributed by atoms with E-state index in [1.54, 1.807) is 0 Å². The second kappa shape index (κ2) is 18.9. The highest BCUT2D eigenvalue weighted by Gasteiger charge is 2.31. The van der Waals surface area contributed by atoms with E-state index in [4.69, 9.17) is 10.5 Å². The highest BCUT2D eigenvalue weighted by molar-refractivity contribution is 6.02. The number of hydrogen-bond acceptors (Lipinski definition) is 4. The largest absolute Gasteiger partial charge is 0.469 e. The van der Waals surface area contributed by atoms with Gasteiger partial charge in [0.1, 0.15) is 0 Å². The summed E-state index contributed by atoms with van der Waals surface area (Å²) in [6.07, 6.45) is 10.6. The van der Waals surface area contributed by atoms with Crippen LogP contribution in [0.3, 0.4) is 0 Å². The van der Waals surface area contributed by atoms with Gasteiger partial charge in [0.25, 0.3) is 0 Å². The molecule has 2 N–H and O–H groups in total. The molecule has 6 atom stereocenters. The monoisotopic (exact) mass is 577 g/mol. The minimum atomic E-state index is -0.179. The van der Waals surface area contributed by atoms with Crippen LogP contribution in [0.4, 0.5) is 0 Å². The van der Waals surface area contributed by atoms with Crippen molar-refractivity contribution in [3.8, 4) is 11.1 Å². The first-order chi connectivity index (χ1) is 20.2. The zero-order valence-corrected chi connectivity index (χ0v) is 27.7. The summed E-state index contributed by atoms with van der Waals surface area (Å²) in [4.78, 5) is 26.4. The molecule has 4 nitrogen and oxygen atoms in total. The first-order valence-corrected chi connectivity index (χ1v) is 16.7. The average Bonchev–Trinajstić information content (AvgIpc) is 3.01. The molecule has 0 spiro atoms. The number of hydrogen-bond donors (Lipinski definition) is 1. The highest BCUT2D eigenvalue weighted by atomic mass is 16.5. The van der Waals surface area contributed by atoms with Crippen LogP contribution in [0.1, 0.15) is 128 Å².